The van der Waals surface area contributed by atoms with Gasteiger partial charge in [-0.1, -0.05) is 23.7 Å². The van der Waals surface area contributed by atoms with E-state index in [1.807, 2.05) is 0 Å². The van der Waals surface area contributed by atoms with Gasteiger partial charge in [-0.2, -0.15) is 13.2 Å². The lowest BCUT2D eigenvalue weighted by Gasteiger charge is -2.13. The van der Waals surface area contributed by atoms with Crippen LogP contribution >= 0.6 is 11.6 Å². The van der Waals surface area contributed by atoms with Crippen molar-refractivity contribution in [1.29, 1.82) is 0 Å². The highest BCUT2D eigenvalue weighted by Crippen LogP contribution is 2.35. The van der Waals surface area contributed by atoms with Crippen molar-refractivity contribution in [2.24, 2.45) is 0 Å². The standard InChI is InChI=1S/C15H11ClF3NO2/c1-22-13-7-6-9(8-11(13)16)14(21)20-12-5-3-2-4-10(12)15(17,18)19/h2-8H,1H3,(H,20,21). The minimum absolute atomic E-state index is 0.128. The van der Waals surface area contributed by atoms with Gasteiger partial charge >= 0.3 is 6.18 Å². The summed E-state index contributed by atoms with van der Waals surface area (Å²) in [4.78, 5) is 12.1. The number of amides is 1. The van der Waals surface area contributed by atoms with Crippen LogP contribution in [0.1, 0.15) is 15.9 Å². The molecule has 0 spiro atoms. The highest BCUT2D eigenvalue weighted by Gasteiger charge is 2.33. The Bertz CT molecular complexity index is 701. The molecule has 2 aromatic carbocycles. The summed E-state index contributed by atoms with van der Waals surface area (Å²) >= 11 is 5.90. The Morgan fingerprint density at radius 1 is 1.18 bits per heavy atom. The zero-order valence-corrected chi connectivity index (χ0v) is 12.1. The Hall–Kier alpha value is -2.21. The summed E-state index contributed by atoms with van der Waals surface area (Å²) in [6, 6.07) is 8.95. The number of methoxy groups -OCH3 is 1. The molecule has 2 aromatic rings. The molecule has 0 saturated carbocycles. The molecule has 7 heteroatoms. The second-order valence-corrected chi connectivity index (χ2v) is 4.75. The highest BCUT2D eigenvalue weighted by atomic mass is 35.5. The second-order valence-electron chi connectivity index (χ2n) is 4.35. The summed E-state index contributed by atoms with van der Waals surface area (Å²) in [7, 11) is 1.42. The molecule has 1 amide bonds. The van der Waals surface area contributed by atoms with Crippen molar-refractivity contribution in [3.63, 3.8) is 0 Å². The maximum Gasteiger partial charge on any atom is 0.418 e. The van der Waals surface area contributed by atoms with Gasteiger partial charge in [-0.3, -0.25) is 4.79 Å². The van der Waals surface area contributed by atoms with Crippen LogP contribution < -0.4 is 10.1 Å². The van der Waals surface area contributed by atoms with Crippen molar-refractivity contribution in [2.45, 2.75) is 6.18 Å². The maximum atomic E-state index is 12.9. The number of anilines is 1. The molecule has 0 saturated heterocycles. The fraction of sp³-hybridized carbons (Fsp3) is 0.133. The molecule has 0 radical (unpaired) electrons. The molecule has 22 heavy (non-hydrogen) atoms. The quantitative estimate of drug-likeness (QED) is 0.892. The van der Waals surface area contributed by atoms with Gasteiger partial charge in [0.05, 0.1) is 23.4 Å². The average Bonchev–Trinajstić information content (AvgIpc) is 2.46. The van der Waals surface area contributed by atoms with Crippen molar-refractivity contribution >= 4 is 23.2 Å². The Labute approximate surface area is 129 Å². The van der Waals surface area contributed by atoms with Crippen LogP contribution in [0.4, 0.5) is 18.9 Å². The first-order chi connectivity index (χ1) is 10.3. The van der Waals surface area contributed by atoms with E-state index in [9.17, 15) is 18.0 Å². The van der Waals surface area contributed by atoms with Gasteiger partial charge in [-0.15, -0.1) is 0 Å². The number of nitrogens with one attached hydrogen (secondary N) is 1. The number of alkyl halides is 3. The summed E-state index contributed by atoms with van der Waals surface area (Å²) in [6.07, 6.45) is -4.55. The highest BCUT2D eigenvalue weighted by molar-refractivity contribution is 6.32. The minimum Gasteiger partial charge on any atom is -0.495 e. The Morgan fingerprint density at radius 2 is 1.86 bits per heavy atom. The molecule has 0 aliphatic carbocycles. The van der Waals surface area contributed by atoms with Crippen molar-refractivity contribution in [3.05, 3.63) is 58.6 Å². The van der Waals surface area contributed by atoms with Crippen LogP contribution in [-0.4, -0.2) is 13.0 Å². The number of halogens is 4. The smallest absolute Gasteiger partial charge is 0.418 e. The van der Waals surface area contributed by atoms with Crippen LogP contribution in [0.25, 0.3) is 0 Å². The lowest BCUT2D eigenvalue weighted by Crippen LogP contribution is -2.16. The first kappa shape index (κ1) is 16.2. The van der Waals surface area contributed by atoms with Gasteiger partial charge in [0.2, 0.25) is 0 Å². The number of carbonyl (C=O) groups excluding carboxylic acids is 1. The van der Waals surface area contributed by atoms with E-state index in [1.54, 1.807) is 0 Å². The number of carbonyl (C=O) groups is 1. The fourth-order valence-corrected chi connectivity index (χ4v) is 2.10. The third-order valence-corrected chi connectivity index (χ3v) is 3.19. The van der Waals surface area contributed by atoms with Crippen LogP contribution in [0.5, 0.6) is 5.75 Å². The van der Waals surface area contributed by atoms with Gasteiger partial charge in [0.1, 0.15) is 5.75 Å². The van der Waals surface area contributed by atoms with Crippen molar-refractivity contribution in [3.8, 4) is 5.75 Å². The van der Waals surface area contributed by atoms with Gasteiger partial charge in [-0.25, -0.2) is 0 Å². The molecule has 0 fully saturated rings. The van der Waals surface area contributed by atoms with E-state index in [2.05, 4.69) is 5.32 Å². The Kier molecular flexibility index (Phi) is 4.61. The van der Waals surface area contributed by atoms with E-state index >= 15 is 0 Å². The molecular formula is C15H11ClF3NO2. The molecule has 0 aromatic heterocycles. The summed E-state index contributed by atoms with van der Waals surface area (Å²) < 4.78 is 43.6. The number of hydrogen-bond acceptors (Lipinski definition) is 2. The van der Waals surface area contributed by atoms with E-state index in [0.29, 0.717) is 5.75 Å². The van der Waals surface area contributed by atoms with Crippen molar-refractivity contribution in [1.82, 2.24) is 0 Å². The number of benzene rings is 2. The molecule has 2 rings (SSSR count). The molecule has 0 unspecified atom stereocenters. The monoisotopic (exact) mass is 329 g/mol. The summed E-state index contributed by atoms with van der Waals surface area (Å²) in [6.45, 7) is 0. The molecule has 1 N–H and O–H groups in total. The van der Waals surface area contributed by atoms with Gasteiger partial charge in [0.15, 0.2) is 0 Å². The predicted octanol–water partition coefficient (Wildman–Crippen LogP) is 4.62. The van der Waals surface area contributed by atoms with Crippen LogP contribution in [0.2, 0.25) is 5.02 Å². The number of rotatable bonds is 3. The third-order valence-electron chi connectivity index (χ3n) is 2.89. The number of hydrogen-bond donors (Lipinski definition) is 1. The third kappa shape index (κ3) is 3.51. The number of ether oxygens (including phenoxy) is 1. The van der Waals surface area contributed by atoms with E-state index in [1.165, 1.54) is 43.5 Å². The van der Waals surface area contributed by atoms with Crippen LogP contribution in [0.15, 0.2) is 42.5 Å². The van der Waals surface area contributed by atoms with Crippen LogP contribution in [-0.2, 0) is 6.18 Å². The largest absolute Gasteiger partial charge is 0.495 e. The Balaban J connectivity index is 2.28. The van der Waals surface area contributed by atoms with Crippen LogP contribution in [0.3, 0.4) is 0 Å². The molecule has 0 bridgehead atoms. The summed E-state index contributed by atoms with van der Waals surface area (Å²) in [5, 5.41) is 2.43. The number of para-hydroxylation sites is 1. The normalized spacial score (nSPS) is 11.1. The van der Waals surface area contributed by atoms with Crippen molar-refractivity contribution < 1.29 is 22.7 Å². The zero-order chi connectivity index (χ0) is 16.3. The lowest BCUT2D eigenvalue weighted by atomic mass is 10.1. The van der Waals surface area contributed by atoms with Crippen molar-refractivity contribution in [2.75, 3.05) is 12.4 Å². The minimum atomic E-state index is -4.55. The topological polar surface area (TPSA) is 38.3 Å². The second kappa shape index (κ2) is 6.27. The average molecular weight is 330 g/mol. The van der Waals surface area contributed by atoms with E-state index in [-0.39, 0.29) is 16.3 Å². The zero-order valence-electron chi connectivity index (χ0n) is 11.4. The maximum absolute atomic E-state index is 12.9. The van der Waals surface area contributed by atoms with E-state index < -0.39 is 17.6 Å². The van der Waals surface area contributed by atoms with E-state index in [0.717, 1.165) is 6.07 Å². The predicted molar refractivity (Wildman–Crippen MR) is 77.4 cm³/mol. The first-order valence-corrected chi connectivity index (χ1v) is 6.52. The SMILES string of the molecule is COc1ccc(C(=O)Nc2ccccc2C(F)(F)F)cc1Cl. The molecular weight excluding hydrogens is 319 g/mol. The van der Waals surface area contributed by atoms with Gasteiger partial charge in [0.25, 0.3) is 5.91 Å². The first-order valence-electron chi connectivity index (χ1n) is 6.14. The van der Waals surface area contributed by atoms with Crippen LogP contribution in [0, 0.1) is 0 Å². The molecule has 0 aliphatic heterocycles. The fourth-order valence-electron chi connectivity index (χ4n) is 1.84. The Morgan fingerprint density at radius 3 is 2.45 bits per heavy atom. The van der Waals surface area contributed by atoms with Gasteiger partial charge < -0.3 is 10.1 Å². The van der Waals surface area contributed by atoms with Gasteiger partial charge in [0, 0.05) is 5.56 Å². The molecule has 0 aliphatic rings. The molecule has 0 atom stereocenters. The molecule has 3 nitrogen and oxygen atoms in total. The summed E-state index contributed by atoms with van der Waals surface area (Å²) in [5.74, 6) is -0.324. The lowest BCUT2D eigenvalue weighted by molar-refractivity contribution is -0.136. The summed E-state index contributed by atoms with van der Waals surface area (Å²) in [5.41, 5.74) is -1.10. The van der Waals surface area contributed by atoms with E-state index in [4.69, 9.17) is 16.3 Å². The molecule has 116 valence electrons. The molecule has 0 heterocycles. The van der Waals surface area contributed by atoms with Gasteiger partial charge in [-0.05, 0) is 30.3 Å².